The van der Waals surface area contributed by atoms with E-state index in [4.69, 9.17) is 23.2 Å². The fraction of sp³-hybridized carbons (Fsp3) is 0.682. The first kappa shape index (κ1) is 31.5. The molecule has 1 saturated carbocycles. The van der Waals surface area contributed by atoms with Crippen LogP contribution in [0, 0.1) is 0 Å². The summed E-state index contributed by atoms with van der Waals surface area (Å²) in [6.07, 6.45) is 2.97. The number of nitrogens with zero attached hydrogens (tertiary/aromatic N) is 1. The maximum absolute atomic E-state index is 12.7. The maximum atomic E-state index is 12.7. The highest BCUT2D eigenvalue weighted by Gasteiger charge is 2.59. The number of anilines is 1. The van der Waals surface area contributed by atoms with Gasteiger partial charge in [-0.2, -0.15) is 0 Å². The Morgan fingerprint density at radius 3 is 2.00 bits per heavy atom. The first-order valence-corrected chi connectivity index (χ1v) is 16.2. The third-order valence-electron chi connectivity index (χ3n) is 6.72. The minimum Gasteiger partial charge on any atom is -0.369 e. The second-order valence-electron chi connectivity index (χ2n) is 9.28. The van der Waals surface area contributed by atoms with Crippen molar-refractivity contribution in [3.8, 4) is 0 Å². The lowest BCUT2D eigenvalue weighted by atomic mass is 9.91. The number of carbonyl (C=O) groups is 1. The summed E-state index contributed by atoms with van der Waals surface area (Å²) in [5.74, 6) is 0.736. The number of carbonyl (C=O) groups excluding carboxylic acids is 1. The van der Waals surface area contributed by atoms with Gasteiger partial charge in [0.25, 0.3) is 5.08 Å². The summed E-state index contributed by atoms with van der Waals surface area (Å²) in [4.78, 5) is 52.4. The highest BCUT2D eigenvalue weighted by Crippen LogP contribution is 2.69. The number of halogens is 2. The van der Waals surface area contributed by atoms with Gasteiger partial charge in [-0.15, -0.1) is 23.2 Å². The minimum absolute atomic E-state index is 0.159. The SMILES string of the molecule is O=C(CCCc1ccc(N(CCCl)CCCl)cc1)NC1(CCC(O)(P(=O)(O)O)P(=O)(O)O)CCCC1. The molecule has 1 aromatic rings. The molecule has 14 heteroatoms. The summed E-state index contributed by atoms with van der Waals surface area (Å²) in [5, 5.41) is 9.66. The average molecular weight is 589 g/mol. The maximum Gasteiger partial charge on any atom is 0.369 e. The van der Waals surface area contributed by atoms with Crippen LogP contribution in [0.15, 0.2) is 24.3 Å². The van der Waals surface area contributed by atoms with E-state index >= 15 is 0 Å². The normalized spacial score (nSPS) is 16.2. The molecule has 2 rings (SSSR count). The molecule has 1 fully saturated rings. The monoisotopic (exact) mass is 588 g/mol. The van der Waals surface area contributed by atoms with E-state index < -0.39 is 32.2 Å². The van der Waals surface area contributed by atoms with Crippen LogP contribution >= 0.6 is 38.4 Å². The van der Waals surface area contributed by atoms with Gasteiger partial charge < -0.3 is 34.9 Å². The van der Waals surface area contributed by atoms with Gasteiger partial charge in [0.05, 0.1) is 0 Å². The fourth-order valence-electron chi connectivity index (χ4n) is 4.62. The van der Waals surface area contributed by atoms with Gasteiger partial charge in [0.2, 0.25) is 5.91 Å². The summed E-state index contributed by atoms with van der Waals surface area (Å²) in [6.45, 7) is 1.38. The number of amides is 1. The first-order chi connectivity index (χ1) is 16.8. The van der Waals surface area contributed by atoms with Crippen LogP contribution in [-0.4, -0.2) is 66.1 Å². The largest absolute Gasteiger partial charge is 0.369 e. The van der Waals surface area contributed by atoms with Crippen LogP contribution in [-0.2, 0) is 20.3 Å². The van der Waals surface area contributed by atoms with Gasteiger partial charge in [-0.25, -0.2) is 0 Å². The number of nitrogens with one attached hydrogen (secondary N) is 1. The van der Waals surface area contributed by atoms with Crippen molar-refractivity contribution in [3.05, 3.63) is 29.8 Å². The van der Waals surface area contributed by atoms with Gasteiger partial charge in [0.15, 0.2) is 0 Å². The topological polar surface area (TPSA) is 168 Å². The Hall–Kier alpha value is -0.670. The molecule has 1 amide bonds. The molecule has 0 heterocycles. The van der Waals surface area contributed by atoms with E-state index in [0.29, 0.717) is 50.5 Å². The Labute approximate surface area is 221 Å². The lowest BCUT2D eigenvalue weighted by Crippen LogP contribution is -2.47. The van der Waals surface area contributed by atoms with Crippen LogP contribution in [0.5, 0.6) is 0 Å². The highest BCUT2D eigenvalue weighted by atomic mass is 35.5. The molecule has 206 valence electrons. The minimum atomic E-state index is -5.54. The zero-order valence-corrected chi connectivity index (χ0v) is 23.4. The van der Waals surface area contributed by atoms with Crippen molar-refractivity contribution in [1.82, 2.24) is 5.32 Å². The van der Waals surface area contributed by atoms with E-state index in [1.165, 1.54) is 0 Å². The van der Waals surface area contributed by atoms with Crippen LogP contribution in [0.3, 0.4) is 0 Å². The summed E-state index contributed by atoms with van der Waals surface area (Å²) in [6, 6.07) is 7.97. The lowest BCUT2D eigenvalue weighted by molar-refractivity contribution is -0.123. The number of benzene rings is 1. The van der Waals surface area contributed by atoms with Crippen molar-refractivity contribution < 1.29 is 38.6 Å². The lowest BCUT2D eigenvalue weighted by Gasteiger charge is -2.35. The number of aryl methyl sites for hydroxylation is 1. The predicted octanol–water partition coefficient (Wildman–Crippen LogP) is 3.50. The number of alkyl halides is 2. The van der Waals surface area contributed by atoms with E-state index in [2.05, 4.69) is 10.2 Å². The zero-order chi connectivity index (χ0) is 27.0. The molecule has 0 bridgehead atoms. The predicted molar refractivity (Wildman–Crippen MR) is 141 cm³/mol. The van der Waals surface area contributed by atoms with E-state index in [-0.39, 0.29) is 18.7 Å². The van der Waals surface area contributed by atoms with Crippen molar-refractivity contribution in [3.63, 3.8) is 0 Å². The third-order valence-corrected chi connectivity index (χ3v) is 10.9. The molecule has 0 aliphatic heterocycles. The van der Waals surface area contributed by atoms with Gasteiger partial charge >= 0.3 is 15.2 Å². The molecule has 0 aromatic heterocycles. The Morgan fingerprint density at radius 1 is 1.00 bits per heavy atom. The number of hydrogen-bond donors (Lipinski definition) is 6. The van der Waals surface area contributed by atoms with Crippen molar-refractivity contribution in [2.75, 3.05) is 29.7 Å². The molecular formula is C22H36Cl2N2O8P2. The summed E-state index contributed by atoms with van der Waals surface area (Å²) < 4.78 is 23.4. The van der Waals surface area contributed by atoms with Gasteiger partial charge in [-0.1, -0.05) is 25.0 Å². The van der Waals surface area contributed by atoms with Crippen LogP contribution in [0.4, 0.5) is 5.69 Å². The summed E-state index contributed by atoms with van der Waals surface area (Å²) >= 11 is 11.7. The van der Waals surface area contributed by atoms with Crippen molar-refractivity contribution >= 4 is 50.0 Å². The van der Waals surface area contributed by atoms with E-state index in [1.807, 2.05) is 24.3 Å². The first-order valence-electron chi connectivity index (χ1n) is 11.9. The van der Waals surface area contributed by atoms with Gasteiger partial charge in [0, 0.05) is 48.9 Å². The van der Waals surface area contributed by atoms with Gasteiger partial charge in [-0.3, -0.25) is 13.9 Å². The second kappa shape index (κ2) is 13.4. The molecule has 0 unspecified atom stereocenters. The highest BCUT2D eigenvalue weighted by molar-refractivity contribution is 7.72. The Kier molecular flexibility index (Phi) is 11.8. The Balaban J connectivity index is 1.94. The molecule has 36 heavy (non-hydrogen) atoms. The van der Waals surface area contributed by atoms with Crippen LogP contribution in [0.1, 0.15) is 56.9 Å². The molecule has 1 aliphatic rings. The molecule has 10 nitrogen and oxygen atoms in total. The molecule has 0 spiro atoms. The van der Waals surface area contributed by atoms with E-state index in [9.17, 15) is 38.6 Å². The smallest absolute Gasteiger partial charge is 0.369 e. The number of aliphatic hydroxyl groups is 1. The third kappa shape index (κ3) is 8.42. The molecule has 0 radical (unpaired) electrons. The fourth-order valence-corrected chi connectivity index (χ4v) is 7.19. The van der Waals surface area contributed by atoms with Crippen LogP contribution in [0.2, 0.25) is 0 Å². The van der Waals surface area contributed by atoms with Crippen LogP contribution in [0.25, 0.3) is 0 Å². The molecule has 1 aliphatic carbocycles. The van der Waals surface area contributed by atoms with Crippen molar-refractivity contribution in [1.29, 1.82) is 0 Å². The van der Waals surface area contributed by atoms with Crippen LogP contribution < -0.4 is 10.2 Å². The summed E-state index contributed by atoms with van der Waals surface area (Å²) in [7, 11) is -11.1. The quantitative estimate of drug-likeness (QED) is 0.133. The average Bonchev–Trinajstić information content (AvgIpc) is 3.25. The molecule has 0 saturated heterocycles. The second-order valence-corrected chi connectivity index (χ2v) is 14.0. The summed E-state index contributed by atoms with van der Waals surface area (Å²) in [5.41, 5.74) is 1.21. The molecular weight excluding hydrogens is 553 g/mol. The van der Waals surface area contributed by atoms with Crippen molar-refractivity contribution in [2.24, 2.45) is 0 Å². The van der Waals surface area contributed by atoms with Gasteiger partial charge in [-0.05, 0) is 49.8 Å². The zero-order valence-electron chi connectivity index (χ0n) is 20.1. The van der Waals surface area contributed by atoms with E-state index in [0.717, 1.165) is 24.1 Å². The Bertz CT molecular complexity index is 920. The Morgan fingerprint density at radius 2 is 1.53 bits per heavy atom. The van der Waals surface area contributed by atoms with Crippen molar-refractivity contribution in [2.45, 2.75) is 68.4 Å². The molecule has 1 aromatic carbocycles. The van der Waals surface area contributed by atoms with Gasteiger partial charge in [0.1, 0.15) is 0 Å². The van der Waals surface area contributed by atoms with E-state index in [1.54, 1.807) is 0 Å². The number of rotatable bonds is 15. The number of hydrogen-bond acceptors (Lipinski definition) is 5. The molecule has 0 atom stereocenters. The standard InChI is InChI=1S/C22H36Cl2N2O8P2/c23-14-16-26(17-15-24)19-8-6-18(7-9-19)4-3-5-20(27)25-21(10-1-2-11-21)12-13-22(28,35(29,30)31)36(32,33)34/h6-9,28H,1-5,10-17H2,(H,25,27)(H2,29,30,31)(H2,32,33,34). The molecule has 6 N–H and O–H groups in total.